The first-order valence-electron chi connectivity index (χ1n) is 5.78. The highest BCUT2D eigenvalue weighted by molar-refractivity contribution is 7.16. The van der Waals surface area contributed by atoms with Crippen molar-refractivity contribution in [3.8, 4) is 0 Å². The van der Waals surface area contributed by atoms with E-state index in [1.54, 1.807) is 18.2 Å². The summed E-state index contributed by atoms with van der Waals surface area (Å²) < 4.78 is 39.6. The predicted octanol–water partition coefficient (Wildman–Crippen LogP) is 4.17. The fraction of sp³-hybridized carbons (Fsp3) is 0.231. The number of hydrogen-bond donors (Lipinski definition) is 2. The van der Waals surface area contributed by atoms with Gasteiger partial charge in [0.05, 0.1) is 15.9 Å². The average Bonchev–Trinajstić information content (AvgIpc) is 2.80. The summed E-state index contributed by atoms with van der Waals surface area (Å²) in [5.41, 5.74) is 1.91. The van der Waals surface area contributed by atoms with Gasteiger partial charge in [-0.15, -0.1) is 11.3 Å². The van der Waals surface area contributed by atoms with Crippen LogP contribution in [0.15, 0.2) is 36.4 Å². The third-order valence-electron chi connectivity index (χ3n) is 2.88. The first-order valence-corrected chi connectivity index (χ1v) is 6.97. The molecule has 3 N–H and O–H groups in total. The van der Waals surface area contributed by atoms with Crippen molar-refractivity contribution < 1.29 is 13.2 Å². The zero-order valence-electron chi connectivity index (χ0n) is 10.2. The average molecular weight is 321 g/mol. The molecule has 1 unspecified atom stereocenters. The number of nitrogens with one attached hydrogen (secondary N) is 1. The van der Waals surface area contributed by atoms with Crippen molar-refractivity contribution in [2.75, 3.05) is 0 Å². The zero-order chi connectivity index (χ0) is 14.8. The third-order valence-corrected chi connectivity index (χ3v) is 4.13. The van der Waals surface area contributed by atoms with Crippen LogP contribution in [-0.4, -0.2) is 0 Å². The highest BCUT2D eigenvalue weighted by atomic mass is 35.5. The van der Waals surface area contributed by atoms with Crippen LogP contribution in [0.5, 0.6) is 0 Å². The molecular weight excluding hydrogens is 309 g/mol. The van der Waals surface area contributed by atoms with Gasteiger partial charge in [0.1, 0.15) is 0 Å². The Kier molecular flexibility index (Phi) is 4.70. The lowest BCUT2D eigenvalue weighted by Crippen LogP contribution is -2.31. The van der Waals surface area contributed by atoms with Gasteiger partial charge in [-0.05, 0) is 23.8 Å². The van der Waals surface area contributed by atoms with Crippen LogP contribution in [0.4, 0.5) is 13.2 Å². The van der Waals surface area contributed by atoms with E-state index in [9.17, 15) is 13.2 Å². The molecule has 2 nitrogen and oxygen atoms in total. The van der Waals surface area contributed by atoms with Gasteiger partial charge in [-0.1, -0.05) is 29.8 Å². The smallest absolute Gasteiger partial charge is 0.271 e. The number of halogens is 4. The summed E-state index contributed by atoms with van der Waals surface area (Å²) in [7, 11) is 0. The summed E-state index contributed by atoms with van der Waals surface area (Å²) in [5, 5.41) is 0. The van der Waals surface area contributed by atoms with Crippen LogP contribution in [0.3, 0.4) is 0 Å². The van der Waals surface area contributed by atoms with Crippen molar-refractivity contribution in [3.63, 3.8) is 0 Å². The molecule has 0 amide bonds. The lowest BCUT2D eigenvalue weighted by molar-refractivity contribution is -0.138. The molecule has 7 heteroatoms. The molecule has 1 aromatic heterocycles. The molecule has 0 saturated carbocycles. The Labute approximate surface area is 123 Å². The van der Waals surface area contributed by atoms with Gasteiger partial charge in [-0.2, -0.15) is 13.2 Å². The van der Waals surface area contributed by atoms with Crippen LogP contribution in [0.25, 0.3) is 0 Å². The topological polar surface area (TPSA) is 38.0 Å². The van der Waals surface area contributed by atoms with Crippen LogP contribution in [0.1, 0.15) is 22.0 Å². The molecule has 20 heavy (non-hydrogen) atoms. The van der Waals surface area contributed by atoms with Crippen molar-refractivity contribution in [2.45, 2.75) is 18.6 Å². The van der Waals surface area contributed by atoms with Crippen LogP contribution >= 0.6 is 22.9 Å². The number of hydrogen-bond acceptors (Lipinski definition) is 3. The fourth-order valence-electron chi connectivity index (χ4n) is 1.98. The quantitative estimate of drug-likeness (QED) is 0.655. The number of rotatable bonds is 4. The van der Waals surface area contributed by atoms with Gasteiger partial charge in [0.15, 0.2) is 0 Å². The summed E-state index contributed by atoms with van der Waals surface area (Å²) >= 11 is 7.15. The minimum absolute atomic E-state index is 0.132. The summed E-state index contributed by atoms with van der Waals surface area (Å²) in [5.74, 6) is 5.43. The Balaban J connectivity index is 2.32. The molecule has 0 fully saturated rings. The molecule has 0 radical (unpaired) electrons. The van der Waals surface area contributed by atoms with Gasteiger partial charge in [-0.25, -0.2) is 0 Å². The van der Waals surface area contributed by atoms with E-state index in [0.29, 0.717) is 10.8 Å². The van der Waals surface area contributed by atoms with E-state index in [-0.39, 0.29) is 5.56 Å². The number of thiophene rings is 1. The second-order valence-corrected chi connectivity index (χ2v) is 6.01. The van der Waals surface area contributed by atoms with E-state index in [1.807, 2.05) is 0 Å². The summed E-state index contributed by atoms with van der Waals surface area (Å²) in [4.78, 5) is 0.870. The molecule has 108 valence electrons. The Morgan fingerprint density at radius 1 is 1.20 bits per heavy atom. The highest BCUT2D eigenvalue weighted by Gasteiger charge is 2.34. The molecule has 0 aliphatic heterocycles. The van der Waals surface area contributed by atoms with E-state index in [4.69, 9.17) is 17.4 Å². The Morgan fingerprint density at radius 3 is 2.45 bits per heavy atom. The van der Waals surface area contributed by atoms with Gasteiger partial charge < -0.3 is 0 Å². The van der Waals surface area contributed by atoms with Crippen molar-refractivity contribution in [2.24, 2.45) is 5.84 Å². The number of nitrogens with two attached hydrogens (primary N) is 1. The molecule has 0 spiro atoms. The van der Waals surface area contributed by atoms with Gasteiger partial charge in [-0.3, -0.25) is 11.3 Å². The SMILES string of the molecule is NNC(Cc1ccc(Cl)s1)c1ccccc1C(F)(F)F. The molecule has 2 aromatic rings. The molecule has 1 aromatic carbocycles. The van der Waals surface area contributed by atoms with Crippen molar-refractivity contribution in [1.29, 1.82) is 0 Å². The molecular formula is C13H12ClF3N2S. The Hall–Kier alpha value is -1.08. The van der Waals surface area contributed by atoms with Gasteiger partial charge >= 0.3 is 6.18 Å². The molecule has 1 heterocycles. The lowest BCUT2D eigenvalue weighted by atomic mass is 9.97. The number of benzene rings is 1. The maximum atomic E-state index is 13.0. The minimum atomic E-state index is -4.40. The van der Waals surface area contributed by atoms with Crippen LogP contribution in [0, 0.1) is 0 Å². The fourth-order valence-corrected chi connectivity index (χ4v) is 3.11. The number of alkyl halides is 3. The maximum absolute atomic E-state index is 13.0. The molecule has 2 rings (SSSR count). The summed E-state index contributed by atoms with van der Waals surface area (Å²) in [6.07, 6.45) is -4.06. The van der Waals surface area contributed by atoms with E-state index in [0.717, 1.165) is 10.9 Å². The van der Waals surface area contributed by atoms with Crippen LogP contribution in [-0.2, 0) is 12.6 Å². The van der Waals surface area contributed by atoms with Gasteiger partial charge in [0, 0.05) is 11.3 Å². The monoisotopic (exact) mass is 320 g/mol. The van der Waals surface area contributed by atoms with Gasteiger partial charge in [0.2, 0.25) is 0 Å². The van der Waals surface area contributed by atoms with E-state index in [2.05, 4.69) is 5.43 Å². The molecule has 0 bridgehead atoms. The van der Waals surface area contributed by atoms with E-state index in [1.165, 1.54) is 23.5 Å². The van der Waals surface area contributed by atoms with Crippen LogP contribution in [0.2, 0.25) is 4.34 Å². The molecule has 0 aliphatic carbocycles. The summed E-state index contributed by atoms with van der Waals surface area (Å²) in [6, 6.07) is 8.29. The predicted molar refractivity (Wildman–Crippen MR) is 74.5 cm³/mol. The number of hydrazine groups is 1. The Bertz CT molecular complexity index is 583. The normalized spacial score (nSPS) is 13.4. The second kappa shape index (κ2) is 6.13. The Morgan fingerprint density at radius 2 is 1.90 bits per heavy atom. The van der Waals surface area contributed by atoms with Crippen molar-refractivity contribution in [1.82, 2.24) is 5.43 Å². The first-order chi connectivity index (χ1) is 9.41. The molecule has 1 atom stereocenters. The standard InChI is InChI=1S/C13H12ClF3N2S/c14-12-6-5-8(20-12)7-11(19-18)9-3-1-2-4-10(9)13(15,16)17/h1-6,11,19H,7,18H2. The first kappa shape index (κ1) is 15.3. The van der Waals surface area contributed by atoms with Crippen molar-refractivity contribution >= 4 is 22.9 Å². The lowest BCUT2D eigenvalue weighted by Gasteiger charge is -2.20. The summed E-state index contributed by atoms with van der Waals surface area (Å²) in [6.45, 7) is 0. The molecule has 0 aliphatic rings. The second-order valence-electron chi connectivity index (χ2n) is 4.21. The maximum Gasteiger partial charge on any atom is 0.416 e. The largest absolute Gasteiger partial charge is 0.416 e. The highest BCUT2D eigenvalue weighted by Crippen LogP contribution is 2.36. The van der Waals surface area contributed by atoms with Gasteiger partial charge in [0.25, 0.3) is 0 Å². The van der Waals surface area contributed by atoms with E-state index < -0.39 is 17.8 Å². The molecule has 0 saturated heterocycles. The van der Waals surface area contributed by atoms with Crippen LogP contribution < -0.4 is 11.3 Å². The van der Waals surface area contributed by atoms with Crippen molar-refractivity contribution in [3.05, 3.63) is 56.7 Å². The van der Waals surface area contributed by atoms with E-state index >= 15 is 0 Å². The minimum Gasteiger partial charge on any atom is -0.271 e. The third kappa shape index (κ3) is 3.52. The zero-order valence-corrected chi connectivity index (χ0v) is 11.8.